The molecule has 4 rings (SSSR count). The number of nitrogens with zero attached hydrogens (tertiary/aromatic N) is 3. The van der Waals surface area contributed by atoms with E-state index in [1.165, 1.54) is 6.07 Å². The van der Waals surface area contributed by atoms with Crippen molar-refractivity contribution in [2.75, 3.05) is 19.0 Å². The maximum absolute atomic E-state index is 14.2. The maximum Gasteiger partial charge on any atom is 0.308 e. The molecule has 0 unspecified atom stereocenters. The molecule has 0 aliphatic heterocycles. The molecule has 4 aromatic rings. The summed E-state index contributed by atoms with van der Waals surface area (Å²) in [7, 11) is 1.60. The molecule has 2 aromatic heterocycles. The third-order valence-corrected chi connectivity index (χ3v) is 6.07. The first-order chi connectivity index (χ1) is 18.6. The van der Waals surface area contributed by atoms with Crippen LogP contribution in [0.4, 0.5) is 10.2 Å². The number of halogens is 2. The molecule has 0 atom stereocenters. The van der Waals surface area contributed by atoms with Crippen LogP contribution in [0.15, 0.2) is 53.2 Å². The smallest absolute Gasteiger partial charge is 0.308 e. The van der Waals surface area contributed by atoms with E-state index >= 15 is 0 Å². The van der Waals surface area contributed by atoms with Gasteiger partial charge < -0.3 is 19.3 Å². The second-order valence-corrected chi connectivity index (χ2v) is 10.4. The van der Waals surface area contributed by atoms with Gasteiger partial charge in [-0.25, -0.2) is 9.37 Å². The standard InChI is InChI=1S/C29H30ClFN4O4/c1-17-21(7-6-8-24(17)31)22-10-9-18(13-20(22)16-37-5)28-34-26(35-39-28)19-14-23(30)27(33-15-19)32-12-11-25(36)38-29(2,3)4/h6-10,13-15H,11-12,16H2,1-5H3,(H,32,33). The van der Waals surface area contributed by atoms with E-state index in [0.717, 1.165) is 16.7 Å². The van der Waals surface area contributed by atoms with Crippen molar-refractivity contribution < 1.29 is 23.2 Å². The molecule has 0 aliphatic carbocycles. The highest BCUT2D eigenvalue weighted by atomic mass is 35.5. The number of ether oxygens (including phenoxy) is 2. The Labute approximate surface area is 231 Å². The minimum absolute atomic E-state index is 0.174. The van der Waals surface area contributed by atoms with E-state index in [4.69, 9.17) is 25.6 Å². The van der Waals surface area contributed by atoms with Crippen molar-refractivity contribution in [1.29, 1.82) is 0 Å². The fraction of sp³-hybridized carbons (Fsp3) is 0.310. The lowest BCUT2D eigenvalue weighted by Crippen LogP contribution is -2.25. The first-order valence-electron chi connectivity index (χ1n) is 12.4. The Bertz CT molecular complexity index is 1480. The highest BCUT2D eigenvalue weighted by Crippen LogP contribution is 2.33. The third-order valence-electron chi connectivity index (χ3n) is 5.78. The number of benzene rings is 2. The van der Waals surface area contributed by atoms with Crippen LogP contribution < -0.4 is 5.32 Å². The minimum Gasteiger partial charge on any atom is -0.460 e. The SMILES string of the molecule is COCc1cc(-c2nc(-c3cnc(NCCC(=O)OC(C)(C)C)c(Cl)c3)no2)ccc1-c1cccc(F)c1C. The fourth-order valence-corrected chi connectivity index (χ4v) is 4.22. The summed E-state index contributed by atoms with van der Waals surface area (Å²) in [6.07, 6.45) is 1.75. The van der Waals surface area contributed by atoms with E-state index < -0.39 is 5.60 Å². The minimum atomic E-state index is -0.536. The number of carbonyl (C=O) groups is 1. The molecule has 204 valence electrons. The van der Waals surface area contributed by atoms with Crippen molar-refractivity contribution >= 4 is 23.4 Å². The van der Waals surface area contributed by atoms with Gasteiger partial charge in [0.2, 0.25) is 5.82 Å². The van der Waals surface area contributed by atoms with Crippen molar-refractivity contribution in [2.24, 2.45) is 0 Å². The summed E-state index contributed by atoms with van der Waals surface area (Å²) in [5.41, 5.74) is 3.80. The Hall–Kier alpha value is -3.82. The van der Waals surface area contributed by atoms with Crippen LogP contribution >= 0.6 is 11.6 Å². The Morgan fingerprint density at radius 3 is 2.64 bits per heavy atom. The summed E-state index contributed by atoms with van der Waals surface area (Å²) in [5, 5.41) is 7.48. The Balaban J connectivity index is 1.51. The molecule has 0 aliphatic rings. The third kappa shape index (κ3) is 6.99. The number of hydrogen-bond acceptors (Lipinski definition) is 8. The fourth-order valence-electron chi connectivity index (χ4n) is 3.99. The molecule has 0 spiro atoms. The number of nitrogens with one attached hydrogen (secondary N) is 1. The summed E-state index contributed by atoms with van der Waals surface area (Å²) >= 11 is 6.41. The van der Waals surface area contributed by atoms with E-state index in [1.807, 2.05) is 45.0 Å². The lowest BCUT2D eigenvalue weighted by atomic mass is 9.94. The molecule has 0 bridgehead atoms. The summed E-state index contributed by atoms with van der Waals surface area (Å²) in [6.45, 7) is 7.85. The molecule has 0 saturated heterocycles. The molecule has 2 heterocycles. The predicted octanol–water partition coefficient (Wildman–Crippen LogP) is 6.86. The number of hydrogen-bond donors (Lipinski definition) is 1. The Morgan fingerprint density at radius 2 is 1.92 bits per heavy atom. The van der Waals surface area contributed by atoms with Crippen molar-refractivity contribution in [3.8, 4) is 34.0 Å². The highest BCUT2D eigenvalue weighted by Gasteiger charge is 2.18. The van der Waals surface area contributed by atoms with Gasteiger partial charge in [-0.15, -0.1) is 0 Å². The van der Waals surface area contributed by atoms with Gasteiger partial charge in [0.05, 0.1) is 18.1 Å². The molecule has 0 radical (unpaired) electrons. The summed E-state index contributed by atoms with van der Waals surface area (Å²) < 4.78 is 30.4. The monoisotopic (exact) mass is 552 g/mol. The van der Waals surface area contributed by atoms with Gasteiger partial charge in [0.1, 0.15) is 17.2 Å². The Morgan fingerprint density at radius 1 is 1.13 bits per heavy atom. The summed E-state index contributed by atoms with van der Waals surface area (Å²) in [6, 6.07) is 12.3. The second-order valence-electron chi connectivity index (χ2n) is 9.96. The van der Waals surface area contributed by atoms with Gasteiger partial charge in [-0.05, 0) is 74.2 Å². The zero-order valence-corrected chi connectivity index (χ0v) is 23.2. The molecule has 2 aromatic carbocycles. The molecule has 39 heavy (non-hydrogen) atoms. The average Bonchev–Trinajstić information content (AvgIpc) is 3.36. The average molecular weight is 553 g/mol. The number of rotatable bonds is 9. The van der Waals surface area contributed by atoms with Crippen molar-refractivity contribution in [3.05, 3.63) is 70.6 Å². The van der Waals surface area contributed by atoms with Crippen molar-refractivity contribution in [3.63, 3.8) is 0 Å². The van der Waals surface area contributed by atoms with E-state index in [0.29, 0.717) is 52.4 Å². The molecule has 0 amide bonds. The summed E-state index contributed by atoms with van der Waals surface area (Å²) in [5.74, 6) is 0.478. The topological polar surface area (TPSA) is 99.4 Å². The van der Waals surface area contributed by atoms with Gasteiger partial charge in [0.15, 0.2) is 0 Å². The number of methoxy groups -OCH3 is 1. The number of anilines is 1. The van der Waals surface area contributed by atoms with E-state index in [-0.39, 0.29) is 18.2 Å². The predicted molar refractivity (Wildman–Crippen MR) is 148 cm³/mol. The van der Waals surface area contributed by atoms with Crippen LogP contribution in [0, 0.1) is 12.7 Å². The molecule has 0 saturated carbocycles. The zero-order chi connectivity index (χ0) is 28.2. The lowest BCUT2D eigenvalue weighted by molar-refractivity contribution is -0.154. The van der Waals surface area contributed by atoms with E-state index in [9.17, 15) is 9.18 Å². The number of aromatic nitrogens is 3. The largest absolute Gasteiger partial charge is 0.460 e. The molecular formula is C29H30ClFN4O4. The number of carbonyl (C=O) groups excluding carboxylic acids is 1. The van der Waals surface area contributed by atoms with Gasteiger partial charge in [-0.1, -0.05) is 35.0 Å². The normalized spacial score (nSPS) is 11.5. The van der Waals surface area contributed by atoms with Gasteiger partial charge in [-0.2, -0.15) is 4.98 Å². The zero-order valence-electron chi connectivity index (χ0n) is 22.5. The molecule has 10 heteroatoms. The second kappa shape index (κ2) is 11.9. The van der Waals surface area contributed by atoms with Gasteiger partial charge in [-0.3, -0.25) is 4.79 Å². The molecule has 0 fully saturated rings. The quantitative estimate of drug-likeness (QED) is 0.225. The van der Waals surface area contributed by atoms with Gasteiger partial charge >= 0.3 is 5.97 Å². The molecular weight excluding hydrogens is 523 g/mol. The Kier molecular flexibility index (Phi) is 8.62. The highest BCUT2D eigenvalue weighted by molar-refractivity contribution is 6.33. The first-order valence-corrected chi connectivity index (χ1v) is 12.8. The maximum atomic E-state index is 14.2. The van der Waals surface area contributed by atoms with Crippen LogP contribution in [0.5, 0.6) is 0 Å². The summed E-state index contributed by atoms with van der Waals surface area (Å²) in [4.78, 5) is 20.8. The van der Waals surface area contributed by atoms with Crippen LogP contribution in [0.25, 0.3) is 34.0 Å². The van der Waals surface area contributed by atoms with Crippen LogP contribution in [0.2, 0.25) is 5.02 Å². The number of pyridine rings is 1. The lowest BCUT2D eigenvalue weighted by Gasteiger charge is -2.19. The first kappa shape index (κ1) is 28.2. The van der Waals surface area contributed by atoms with E-state index in [2.05, 4.69) is 20.4 Å². The van der Waals surface area contributed by atoms with Crippen molar-refractivity contribution in [2.45, 2.75) is 46.3 Å². The van der Waals surface area contributed by atoms with Crippen LogP contribution in [-0.2, 0) is 20.9 Å². The van der Waals surface area contributed by atoms with E-state index in [1.54, 1.807) is 32.4 Å². The molecule has 1 N–H and O–H groups in total. The van der Waals surface area contributed by atoms with Crippen LogP contribution in [-0.4, -0.2) is 40.3 Å². The van der Waals surface area contributed by atoms with Gasteiger partial charge in [0, 0.05) is 31.0 Å². The number of esters is 1. The van der Waals surface area contributed by atoms with Crippen LogP contribution in [0.1, 0.15) is 38.3 Å². The van der Waals surface area contributed by atoms with Crippen LogP contribution in [0.3, 0.4) is 0 Å². The molecule has 8 nitrogen and oxygen atoms in total. The van der Waals surface area contributed by atoms with Gasteiger partial charge in [0.25, 0.3) is 5.89 Å². The van der Waals surface area contributed by atoms with Crippen molar-refractivity contribution in [1.82, 2.24) is 15.1 Å².